The first-order valence-electron chi connectivity index (χ1n) is 5.27. The van der Waals surface area contributed by atoms with Gasteiger partial charge in [-0.15, -0.1) is 0 Å². The molecule has 0 bridgehead atoms. The second-order valence-corrected chi connectivity index (χ2v) is 4.28. The molecule has 14 heavy (non-hydrogen) atoms. The first-order chi connectivity index (χ1) is 6.72. The van der Waals surface area contributed by atoms with Crippen molar-refractivity contribution in [2.45, 2.75) is 19.4 Å². The van der Waals surface area contributed by atoms with Crippen LogP contribution in [0.15, 0.2) is 0 Å². The summed E-state index contributed by atoms with van der Waals surface area (Å²) in [4.78, 5) is 13.2. The van der Waals surface area contributed by atoms with E-state index in [2.05, 4.69) is 11.8 Å². The number of nitrogens with zero attached hydrogens (tertiary/aromatic N) is 1. The summed E-state index contributed by atoms with van der Waals surface area (Å²) < 4.78 is 5.23. The third-order valence-corrected chi connectivity index (χ3v) is 3.40. The molecule has 0 aromatic carbocycles. The Morgan fingerprint density at radius 1 is 1.50 bits per heavy atom. The number of carboxylic acid groups (broad SMARTS) is 1. The lowest BCUT2D eigenvalue weighted by atomic mass is 9.91. The second kappa shape index (κ2) is 3.87. The summed E-state index contributed by atoms with van der Waals surface area (Å²) in [6.07, 6.45) is 1.20. The lowest BCUT2D eigenvalue weighted by Crippen LogP contribution is -2.55. The van der Waals surface area contributed by atoms with Crippen LogP contribution in [0, 0.1) is 11.8 Å². The predicted molar refractivity (Wildman–Crippen MR) is 51.1 cm³/mol. The Hall–Kier alpha value is -0.610. The molecule has 0 aliphatic carbocycles. The van der Waals surface area contributed by atoms with Crippen molar-refractivity contribution in [2.24, 2.45) is 11.8 Å². The van der Waals surface area contributed by atoms with Gasteiger partial charge in [0, 0.05) is 19.1 Å². The van der Waals surface area contributed by atoms with Crippen LogP contribution in [-0.2, 0) is 9.53 Å². The minimum Gasteiger partial charge on any atom is -0.481 e. The Morgan fingerprint density at radius 3 is 2.79 bits per heavy atom. The van der Waals surface area contributed by atoms with Gasteiger partial charge >= 0.3 is 5.97 Å². The molecule has 0 aromatic heterocycles. The molecule has 2 rings (SSSR count). The molecule has 4 nitrogen and oxygen atoms in total. The first kappa shape index (κ1) is 9.93. The van der Waals surface area contributed by atoms with Gasteiger partial charge in [0.2, 0.25) is 0 Å². The lowest BCUT2D eigenvalue weighted by Gasteiger charge is -2.43. The monoisotopic (exact) mass is 199 g/mol. The molecule has 80 valence electrons. The van der Waals surface area contributed by atoms with E-state index in [4.69, 9.17) is 9.84 Å². The number of hydrogen-bond donors (Lipinski definition) is 1. The summed E-state index contributed by atoms with van der Waals surface area (Å²) >= 11 is 0. The Kier molecular flexibility index (Phi) is 2.74. The average Bonchev–Trinajstić information content (AvgIpc) is 2.50. The van der Waals surface area contributed by atoms with Crippen molar-refractivity contribution in [1.82, 2.24) is 4.90 Å². The minimum absolute atomic E-state index is 0.121. The van der Waals surface area contributed by atoms with Gasteiger partial charge in [0.1, 0.15) is 0 Å². The van der Waals surface area contributed by atoms with Crippen LogP contribution in [-0.4, -0.2) is 48.3 Å². The molecule has 2 aliphatic rings. The topological polar surface area (TPSA) is 49.8 Å². The van der Waals surface area contributed by atoms with E-state index < -0.39 is 5.97 Å². The molecule has 0 saturated carbocycles. The Balaban J connectivity index is 1.89. The summed E-state index contributed by atoms with van der Waals surface area (Å²) in [6.45, 7) is 5.26. The van der Waals surface area contributed by atoms with Crippen LogP contribution >= 0.6 is 0 Å². The van der Waals surface area contributed by atoms with E-state index >= 15 is 0 Å². The number of aliphatic carboxylic acids is 1. The van der Waals surface area contributed by atoms with Gasteiger partial charge in [0.15, 0.2) is 0 Å². The molecule has 0 spiro atoms. The third-order valence-electron chi connectivity index (χ3n) is 3.40. The fraction of sp³-hybridized carbons (Fsp3) is 0.900. The van der Waals surface area contributed by atoms with Crippen molar-refractivity contribution >= 4 is 5.97 Å². The van der Waals surface area contributed by atoms with E-state index in [1.54, 1.807) is 0 Å². The van der Waals surface area contributed by atoms with Gasteiger partial charge in [-0.3, -0.25) is 9.69 Å². The average molecular weight is 199 g/mol. The van der Waals surface area contributed by atoms with Crippen molar-refractivity contribution in [3.63, 3.8) is 0 Å². The number of likely N-dealkylation sites (tertiary alicyclic amines) is 1. The zero-order chi connectivity index (χ0) is 10.1. The molecule has 2 atom stereocenters. The summed E-state index contributed by atoms with van der Waals surface area (Å²) in [5.41, 5.74) is 0. The molecular formula is C10H17NO3. The number of hydrogen-bond acceptors (Lipinski definition) is 3. The van der Waals surface area contributed by atoms with Crippen molar-refractivity contribution in [1.29, 1.82) is 0 Å². The van der Waals surface area contributed by atoms with Crippen LogP contribution in [0.25, 0.3) is 0 Å². The summed E-state index contributed by atoms with van der Waals surface area (Å²) in [6, 6.07) is 0.121. The standard InChI is InChI=1S/C10H17NO3/c1-2-7-3-11(4-7)9-6-14-5-8(9)10(12)13/h7-9H,2-6H2,1H3,(H,12,13). The van der Waals surface area contributed by atoms with E-state index in [1.165, 1.54) is 6.42 Å². The summed E-state index contributed by atoms with van der Waals surface area (Å²) in [5.74, 6) is -0.259. The highest BCUT2D eigenvalue weighted by atomic mass is 16.5. The Morgan fingerprint density at radius 2 is 2.21 bits per heavy atom. The first-order valence-corrected chi connectivity index (χ1v) is 5.27. The van der Waals surface area contributed by atoms with Gasteiger partial charge in [0.05, 0.1) is 19.1 Å². The molecule has 2 aliphatic heterocycles. The van der Waals surface area contributed by atoms with E-state index in [0.717, 1.165) is 19.0 Å². The third kappa shape index (κ3) is 1.64. The lowest BCUT2D eigenvalue weighted by molar-refractivity contribution is -0.144. The van der Waals surface area contributed by atoms with E-state index in [1.807, 2.05) is 0 Å². The van der Waals surface area contributed by atoms with Crippen LogP contribution in [0.4, 0.5) is 0 Å². The van der Waals surface area contributed by atoms with Crippen LogP contribution in [0.2, 0.25) is 0 Å². The van der Waals surface area contributed by atoms with Crippen molar-refractivity contribution < 1.29 is 14.6 Å². The Bertz CT molecular complexity index is 225. The zero-order valence-corrected chi connectivity index (χ0v) is 8.48. The highest BCUT2D eigenvalue weighted by molar-refractivity contribution is 5.71. The predicted octanol–water partition coefficient (Wildman–Crippen LogP) is 0.428. The Labute approximate surface area is 83.8 Å². The largest absolute Gasteiger partial charge is 0.481 e. The number of carboxylic acids is 1. The van der Waals surface area contributed by atoms with Crippen molar-refractivity contribution in [3.8, 4) is 0 Å². The molecule has 1 N–H and O–H groups in total. The maximum absolute atomic E-state index is 10.9. The maximum Gasteiger partial charge on any atom is 0.310 e. The van der Waals surface area contributed by atoms with Crippen LogP contribution in [0.3, 0.4) is 0 Å². The normalized spacial score (nSPS) is 34.4. The molecular weight excluding hydrogens is 182 g/mol. The van der Waals surface area contributed by atoms with Crippen molar-refractivity contribution in [3.05, 3.63) is 0 Å². The summed E-state index contributed by atoms with van der Waals surface area (Å²) in [7, 11) is 0. The molecule has 2 heterocycles. The summed E-state index contributed by atoms with van der Waals surface area (Å²) in [5, 5.41) is 8.97. The highest BCUT2D eigenvalue weighted by Gasteiger charge is 2.42. The fourth-order valence-corrected chi connectivity index (χ4v) is 2.28. The minimum atomic E-state index is -0.715. The van der Waals surface area contributed by atoms with Gasteiger partial charge in [-0.2, -0.15) is 0 Å². The molecule has 4 heteroatoms. The van der Waals surface area contributed by atoms with E-state index in [0.29, 0.717) is 13.2 Å². The second-order valence-electron chi connectivity index (χ2n) is 4.28. The zero-order valence-electron chi connectivity index (χ0n) is 8.48. The number of rotatable bonds is 3. The van der Waals surface area contributed by atoms with Gasteiger partial charge < -0.3 is 9.84 Å². The quantitative estimate of drug-likeness (QED) is 0.716. The molecule has 2 fully saturated rings. The molecule has 2 saturated heterocycles. The molecule has 2 unspecified atom stereocenters. The number of ether oxygens (including phenoxy) is 1. The molecule has 0 aromatic rings. The van der Waals surface area contributed by atoms with Gasteiger partial charge in [-0.1, -0.05) is 13.3 Å². The van der Waals surface area contributed by atoms with Gasteiger partial charge in [0.25, 0.3) is 0 Å². The smallest absolute Gasteiger partial charge is 0.310 e. The van der Waals surface area contributed by atoms with Crippen LogP contribution in [0.5, 0.6) is 0 Å². The van der Waals surface area contributed by atoms with Crippen molar-refractivity contribution in [2.75, 3.05) is 26.3 Å². The van der Waals surface area contributed by atoms with Crippen LogP contribution < -0.4 is 0 Å². The SMILES string of the molecule is CCC1CN(C2COCC2C(=O)O)C1. The van der Waals surface area contributed by atoms with Gasteiger partial charge in [-0.25, -0.2) is 0 Å². The van der Waals surface area contributed by atoms with E-state index in [-0.39, 0.29) is 12.0 Å². The highest BCUT2D eigenvalue weighted by Crippen LogP contribution is 2.28. The number of carbonyl (C=O) groups is 1. The maximum atomic E-state index is 10.9. The molecule has 0 radical (unpaired) electrons. The molecule has 0 amide bonds. The van der Waals surface area contributed by atoms with Crippen LogP contribution in [0.1, 0.15) is 13.3 Å². The fourth-order valence-electron chi connectivity index (χ4n) is 2.28. The van der Waals surface area contributed by atoms with E-state index in [9.17, 15) is 4.79 Å². The van der Waals surface area contributed by atoms with Gasteiger partial charge in [-0.05, 0) is 5.92 Å².